The van der Waals surface area contributed by atoms with Gasteiger partial charge in [-0.25, -0.2) is 0 Å². The Balaban J connectivity index is 0.000000211. The molecule has 0 aromatic rings. The molecule has 0 aromatic heterocycles. The first-order valence-electron chi connectivity index (χ1n) is 39.2. The number of ether oxygens (including phenoxy) is 4. The number of hydrogen-bond donors (Lipinski definition) is 7. The summed E-state index contributed by atoms with van der Waals surface area (Å²) in [5.41, 5.74) is 1.67. The first-order chi connectivity index (χ1) is 45.1. The molecule has 0 radical (unpaired) electrons. The van der Waals surface area contributed by atoms with Gasteiger partial charge in [0.15, 0.2) is 0 Å². The lowest BCUT2D eigenvalue weighted by Gasteiger charge is -2.44. The van der Waals surface area contributed by atoms with E-state index in [9.17, 15) is 4.79 Å². The number of rotatable bonds is 13. The summed E-state index contributed by atoms with van der Waals surface area (Å²) in [6.45, 7) is 66.4. The molecule has 97 heavy (non-hydrogen) atoms. The summed E-state index contributed by atoms with van der Waals surface area (Å²) in [6, 6.07) is 5.46. The molecule has 1 unspecified atom stereocenters. The third kappa shape index (κ3) is 35.6. The van der Waals surface area contributed by atoms with E-state index in [1.807, 2.05) is 23.9 Å². The topological polar surface area (TPSA) is 158 Å². The van der Waals surface area contributed by atoms with Crippen LogP contribution in [0.3, 0.4) is 0 Å². The Morgan fingerprint density at radius 2 is 0.876 bits per heavy atom. The average Bonchev–Trinajstić information content (AvgIpc) is 1.72. The van der Waals surface area contributed by atoms with Gasteiger partial charge in [-0.05, 0) is 294 Å². The lowest BCUT2D eigenvalue weighted by Crippen LogP contribution is -2.60. The maximum absolute atomic E-state index is 11.8. The van der Waals surface area contributed by atoms with Crippen molar-refractivity contribution in [3.8, 4) is 12.3 Å². The maximum Gasteiger partial charge on any atom is 0.236 e. The molecular weight excluding hydrogens is 1210 g/mol. The van der Waals surface area contributed by atoms with Crippen LogP contribution >= 0.6 is 0 Å². The largest absolute Gasteiger partial charge is 0.381 e. The van der Waals surface area contributed by atoms with Crippen molar-refractivity contribution in [2.75, 3.05) is 152 Å². The second kappa shape index (κ2) is 40.0. The van der Waals surface area contributed by atoms with Gasteiger partial charge < -0.3 is 75.8 Å². The molecule has 10 saturated heterocycles. The van der Waals surface area contributed by atoms with E-state index in [0.29, 0.717) is 42.3 Å². The van der Waals surface area contributed by atoms with Gasteiger partial charge in [0.1, 0.15) is 0 Å². The van der Waals surface area contributed by atoms with Crippen molar-refractivity contribution in [2.45, 2.75) is 334 Å². The summed E-state index contributed by atoms with van der Waals surface area (Å²) in [6.07, 6.45) is 25.0. The molecule has 7 N–H and O–H groups in total. The summed E-state index contributed by atoms with van der Waals surface area (Å²) in [4.78, 5) is 26.1. The highest BCUT2D eigenvalue weighted by atomic mass is 16.5. The molecule has 568 valence electrons. The molecule has 1 amide bonds. The van der Waals surface area contributed by atoms with Crippen LogP contribution in [0.15, 0.2) is 0 Å². The van der Waals surface area contributed by atoms with Crippen molar-refractivity contribution in [3.05, 3.63) is 0 Å². The number of likely N-dealkylation sites (N-methyl/N-ethyl adjacent to an activating group) is 1. The van der Waals surface area contributed by atoms with Crippen molar-refractivity contribution in [2.24, 2.45) is 5.92 Å². The summed E-state index contributed by atoms with van der Waals surface area (Å²) < 4.78 is 22.2. The zero-order chi connectivity index (χ0) is 71.9. The number of carbonyl (C=O) groups is 1. The Kier molecular flexibility index (Phi) is 35.5. The fraction of sp³-hybridized carbons (Fsp3) is 0.962. The predicted octanol–water partition coefficient (Wildman–Crippen LogP) is 9.59. The van der Waals surface area contributed by atoms with E-state index in [2.05, 4.69) is 201 Å². The Bertz CT molecular complexity index is 2130. The predicted molar refractivity (Wildman–Crippen MR) is 408 cm³/mol. The summed E-state index contributed by atoms with van der Waals surface area (Å²) in [5, 5.41) is 25.8. The van der Waals surface area contributed by atoms with Crippen LogP contribution in [0.4, 0.5) is 0 Å². The summed E-state index contributed by atoms with van der Waals surface area (Å²) >= 11 is 0. The molecule has 10 aliphatic rings. The zero-order valence-corrected chi connectivity index (χ0v) is 67.2. The van der Waals surface area contributed by atoms with E-state index < -0.39 is 0 Å². The van der Waals surface area contributed by atoms with Gasteiger partial charge in [-0.2, -0.15) is 0 Å². The van der Waals surface area contributed by atoms with E-state index in [4.69, 9.17) is 25.4 Å². The third-order valence-corrected chi connectivity index (χ3v) is 20.5. The molecule has 10 aliphatic heterocycles. The van der Waals surface area contributed by atoms with Gasteiger partial charge >= 0.3 is 0 Å². The Morgan fingerprint density at radius 3 is 1.29 bits per heavy atom. The lowest BCUT2D eigenvalue weighted by atomic mass is 9.77. The van der Waals surface area contributed by atoms with Gasteiger partial charge in [0.05, 0.1) is 18.7 Å². The molecule has 10 rings (SSSR count). The smallest absolute Gasteiger partial charge is 0.236 e. The molecular formula is C79H157N13O5. The van der Waals surface area contributed by atoms with Crippen LogP contribution in [0.1, 0.15) is 241 Å². The standard InChI is InChI=1S/C15H30N2O.2C14H28N2O.C13H26N2O.C12H25N3O.C11H20N2/c1-14(2,3)16-12-6-8-17(11-12)13-7-9-18-15(4,5)10-13;2*1-14(2,3)15-12-4-8-16(9-5-12)13-6-10-17-11-7-13;1-12(2,3)15-13(6-7-14-10-13)11-4-8-16-9-5-11;1-12(2,3)13-10-6-7-15(8-10)11(16)9-14(4)5;1-5-7-13-8-6-10(9-13)12-11(2,3)4/h12-13,16H,6-11H2,1-5H3;2*12-13,15H,4-11H2,1-3H3;11,14-15H,4-10H2,1-3H3;10,13H,6-9H2,1-5H3;1,10,12H,6-9H2,2-4H3/t12-,13?;;;13-;2*10-/m1..011/s1. The number of hydrogen-bond acceptors (Lipinski definition) is 17. The number of nitrogens with zero attached hydrogens (tertiary/aromatic N) is 6. The van der Waals surface area contributed by atoms with Gasteiger partial charge in [0.25, 0.3) is 0 Å². The van der Waals surface area contributed by atoms with Crippen molar-refractivity contribution in [1.29, 1.82) is 0 Å². The van der Waals surface area contributed by atoms with Crippen LogP contribution in [-0.2, 0) is 23.7 Å². The molecule has 5 atom stereocenters. The minimum absolute atomic E-state index is 0.0679. The maximum atomic E-state index is 11.8. The molecule has 10 fully saturated rings. The van der Waals surface area contributed by atoms with Crippen molar-refractivity contribution in [3.63, 3.8) is 0 Å². The monoisotopic (exact) mass is 1370 g/mol. The number of amides is 1. The quantitative estimate of drug-likeness (QED) is 0.0874. The van der Waals surface area contributed by atoms with E-state index in [0.717, 1.165) is 123 Å². The van der Waals surface area contributed by atoms with Crippen LogP contribution in [-0.4, -0.2) is 280 Å². The van der Waals surface area contributed by atoms with Crippen molar-refractivity contribution in [1.82, 2.24) is 66.6 Å². The number of carbonyl (C=O) groups excluding carboxylic acids is 1. The zero-order valence-electron chi connectivity index (χ0n) is 67.2. The van der Waals surface area contributed by atoms with Crippen LogP contribution < -0.4 is 37.2 Å². The normalized spacial score (nSPS) is 27.9. The average molecular weight is 1370 g/mol. The minimum Gasteiger partial charge on any atom is -0.381 e. The first-order valence-corrected chi connectivity index (χ1v) is 39.2. The van der Waals surface area contributed by atoms with E-state index >= 15 is 0 Å². The first kappa shape index (κ1) is 86.0. The highest BCUT2D eigenvalue weighted by Gasteiger charge is 2.44. The SMILES string of the molecule is C#CCN1CC[C@@H](NC(C)(C)C)C1.CC(C)(C)NC1CCN(C2CCOCC2)CC1.CC(C)(C)NC1CCN(C2CCOCC2)CC1.CC(C)(C)N[C@@H]1CCN(C2CCOC(C)(C)C2)C1.CC(C)(C)N[C@@]1(C2CCOCC2)CCNC1.CN(C)CC(=O)N1CC[C@@H](NC(C)(C)C)C1. The molecule has 18 nitrogen and oxygen atoms in total. The van der Waals surface area contributed by atoms with Crippen LogP contribution in [0.25, 0.3) is 0 Å². The molecule has 0 saturated carbocycles. The number of piperidine rings is 2. The van der Waals surface area contributed by atoms with Crippen LogP contribution in [0.2, 0.25) is 0 Å². The Morgan fingerprint density at radius 1 is 0.485 bits per heavy atom. The molecule has 0 bridgehead atoms. The third-order valence-electron chi connectivity index (χ3n) is 20.5. The molecule has 18 heteroatoms. The number of nitrogens with one attached hydrogen (secondary N) is 7. The fourth-order valence-electron chi connectivity index (χ4n) is 16.7. The second-order valence-electron chi connectivity index (χ2n) is 37.8. The highest BCUT2D eigenvalue weighted by molar-refractivity contribution is 5.78. The molecule has 0 aromatic carbocycles. The summed E-state index contributed by atoms with van der Waals surface area (Å²) in [7, 11) is 3.86. The molecule has 0 aliphatic carbocycles. The van der Waals surface area contributed by atoms with Crippen LogP contribution in [0.5, 0.6) is 0 Å². The van der Waals surface area contributed by atoms with Gasteiger partial charge in [-0.15, -0.1) is 6.42 Å². The Labute approximate surface area is 597 Å². The van der Waals surface area contributed by atoms with Gasteiger partial charge in [0, 0.05) is 179 Å². The van der Waals surface area contributed by atoms with Crippen molar-refractivity contribution < 1.29 is 23.7 Å². The molecule has 10 heterocycles. The van der Waals surface area contributed by atoms with Gasteiger partial charge in [-0.3, -0.25) is 14.6 Å². The van der Waals surface area contributed by atoms with E-state index in [1.165, 1.54) is 136 Å². The van der Waals surface area contributed by atoms with E-state index in [1.54, 1.807) is 0 Å². The van der Waals surface area contributed by atoms with E-state index in [-0.39, 0.29) is 44.7 Å². The minimum atomic E-state index is 0.0679. The van der Waals surface area contributed by atoms with Crippen LogP contribution in [0, 0.1) is 18.3 Å². The summed E-state index contributed by atoms with van der Waals surface area (Å²) in [5.74, 6) is 3.70. The van der Waals surface area contributed by atoms with Crippen molar-refractivity contribution >= 4 is 5.91 Å². The van der Waals surface area contributed by atoms with Gasteiger partial charge in [-0.1, -0.05) is 5.92 Å². The number of terminal acetylenes is 1. The van der Waals surface area contributed by atoms with Gasteiger partial charge in [0.2, 0.25) is 5.91 Å². The second-order valence-corrected chi connectivity index (χ2v) is 37.8. The number of likely N-dealkylation sites (tertiary alicyclic amines) is 5. The molecule has 0 spiro atoms. The Hall–Kier alpha value is -1.61. The lowest BCUT2D eigenvalue weighted by molar-refractivity contribution is -0.130. The highest BCUT2D eigenvalue weighted by Crippen LogP contribution is 2.35. The fourth-order valence-corrected chi connectivity index (χ4v) is 16.7.